The van der Waals surface area contributed by atoms with E-state index in [0.29, 0.717) is 19.6 Å². The van der Waals surface area contributed by atoms with Crippen LogP contribution < -0.4 is 15.3 Å². The quantitative estimate of drug-likeness (QED) is 0.619. The summed E-state index contributed by atoms with van der Waals surface area (Å²) in [4.78, 5) is 35.7. The molecule has 0 unspecified atom stereocenters. The second-order valence-electron chi connectivity index (χ2n) is 7.88. The number of alkyl halides is 3. The maximum Gasteiger partial charge on any atom is 0.430 e. The van der Waals surface area contributed by atoms with Crippen LogP contribution >= 0.6 is 0 Å². The molecule has 0 aliphatic carbocycles. The molecule has 182 valence electrons. The molecule has 2 N–H and O–H groups in total. The van der Waals surface area contributed by atoms with Crippen LogP contribution in [-0.4, -0.2) is 56.2 Å². The van der Waals surface area contributed by atoms with Gasteiger partial charge in [0.1, 0.15) is 12.5 Å². The van der Waals surface area contributed by atoms with Crippen molar-refractivity contribution in [2.45, 2.75) is 44.9 Å². The lowest BCUT2D eigenvalue weighted by Gasteiger charge is -2.17. The van der Waals surface area contributed by atoms with Gasteiger partial charge in [-0.15, -0.1) is 0 Å². The molecule has 0 saturated carbocycles. The molecule has 1 fully saturated rings. The number of ketones is 1. The number of nitrogens with zero attached hydrogens (tertiary/aromatic N) is 1. The molecular formula is C23H29F3N2O5. The topological polar surface area (TPSA) is 103 Å². The largest absolute Gasteiger partial charge is 0.542 e. The van der Waals surface area contributed by atoms with Crippen LogP contribution in [0.15, 0.2) is 36.4 Å². The van der Waals surface area contributed by atoms with Crippen LogP contribution in [-0.2, 0) is 25.5 Å². The number of Topliss-reactive ketones (excluding diaryl/α,β-unsaturated/α-hetero) is 1. The number of allylic oxidation sites excluding steroid dienone is 1. The summed E-state index contributed by atoms with van der Waals surface area (Å²) in [5, 5.41) is 10.9. The maximum absolute atomic E-state index is 12.6. The van der Waals surface area contributed by atoms with Gasteiger partial charge >= 0.3 is 6.18 Å². The van der Waals surface area contributed by atoms with E-state index in [1.54, 1.807) is 6.08 Å². The van der Waals surface area contributed by atoms with Crippen molar-refractivity contribution in [3.63, 3.8) is 0 Å². The molecule has 2 atom stereocenters. The van der Waals surface area contributed by atoms with Crippen LogP contribution in [0.4, 0.5) is 18.9 Å². The van der Waals surface area contributed by atoms with Gasteiger partial charge in [-0.1, -0.05) is 31.2 Å². The van der Waals surface area contributed by atoms with E-state index >= 15 is 0 Å². The smallest absolute Gasteiger partial charge is 0.430 e. The number of fused-ring (bicyclic) bond motifs is 1. The molecule has 1 aromatic rings. The Balaban J connectivity index is 0.000000479. The van der Waals surface area contributed by atoms with E-state index < -0.39 is 12.1 Å². The van der Waals surface area contributed by atoms with Crippen molar-refractivity contribution >= 4 is 23.3 Å². The maximum atomic E-state index is 12.6. The highest BCUT2D eigenvalue weighted by atomic mass is 19.4. The van der Waals surface area contributed by atoms with E-state index in [-0.39, 0.29) is 23.7 Å². The van der Waals surface area contributed by atoms with Crippen LogP contribution in [0.1, 0.15) is 31.7 Å². The highest BCUT2D eigenvalue weighted by molar-refractivity contribution is 6.02. The van der Waals surface area contributed by atoms with Crippen molar-refractivity contribution in [3.8, 4) is 0 Å². The Morgan fingerprint density at radius 3 is 2.67 bits per heavy atom. The van der Waals surface area contributed by atoms with E-state index in [2.05, 4.69) is 18.3 Å². The van der Waals surface area contributed by atoms with Gasteiger partial charge in [0, 0.05) is 25.1 Å². The molecule has 1 aromatic carbocycles. The molecule has 33 heavy (non-hydrogen) atoms. The third kappa shape index (κ3) is 8.29. The second-order valence-corrected chi connectivity index (χ2v) is 7.88. The molecular weight excluding hydrogens is 441 g/mol. The number of halogens is 3. The number of ether oxygens (including phenoxy) is 1. The molecule has 2 aliphatic rings. The van der Waals surface area contributed by atoms with E-state index in [1.165, 1.54) is 5.56 Å². The summed E-state index contributed by atoms with van der Waals surface area (Å²) in [7, 11) is 0. The van der Waals surface area contributed by atoms with E-state index in [4.69, 9.17) is 14.6 Å². The van der Waals surface area contributed by atoms with Gasteiger partial charge < -0.3 is 24.9 Å². The molecule has 0 spiro atoms. The Morgan fingerprint density at radius 1 is 1.30 bits per heavy atom. The predicted molar refractivity (Wildman–Crippen MR) is 112 cm³/mol. The first-order valence-corrected chi connectivity index (χ1v) is 10.9. The number of para-hydroxylation sites is 1. The molecule has 10 heteroatoms. The summed E-state index contributed by atoms with van der Waals surface area (Å²) in [6, 6.07) is 8.04. The zero-order chi connectivity index (χ0) is 24.4. The van der Waals surface area contributed by atoms with Crippen molar-refractivity contribution in [3.05, 3.63) is 42.0 Å². The summed E-state index contributed by atoms with van der Waals surface area (Å²) in [5.74, 6) is -2.78. The molecule has 0 aromatic heterocycles. The van der Waals surface area contributed by atoms with Crippen LogP contribution in [0.3, 0.4) is 0 Å². The molecule has 0 radical (unpaired) electrons. The molecule has 7 nitrogen and oxygen atoms in total. The van der Waals surface area contributed by atoms with Gasteiger partial charge in [0.05, 0.1) is 13.2 Å². The fourth-order valence-electron chi connectivity index (χ4n) is 3.63. The number of nitrogens with two attached hydrogens (primary N) is 1. The van der Waals surface area contributed by atoms with Crippen molar-refractivity contribution in [1.82, 2.24) is 0 Å². The highest BCUT2D eigenvalue weighted by Crippen LogP contribution is 2.27. The van der Waals surface area contributed by atoms with Gasteiger partial charge in [-0.05, 0) is 36.5 Å². The van der Waals surface area contributed by atoms with Crippen LogP contribution in [0, 0.1) is 5.92 Å². The predicted octanol–water partition coefficient (Wildman–Crippen LogP) is 0.768. The Bertz CT molecular complexity index is 849. The summed E-state index contributed by atoms with van der Waals surface area (Å²) < 4.78 is 37.2. The first kappa shape index (κ1) is 26.5. The highest BCUT2D eigenvalue weighted by Gasteiger charge is 2.29. The van der Waals surface area contributed by atoms with Crippen molar-refractivity contribution in [1.29, 1.82) is 0 Å². The summed E-state index contributed by atoms with van der Waals surface area (Å²) in [6.45, 7) is 5.17. The number of amides is 1. The minimum absolute atomic E-state index is 0.0000938. The molecule has 0 bridgehead atoms. The Labute approximate surface area is 190 Å². The van der Waals surface area contributed by atoms with Gasteiger partial charge in [-0.25, -0.2) is 0 Å². The second kappa shape index (κ2) is 12.5. The van der Waals surface area contributed by atoms with Gasteiger partial charge in [-0.2, -0.15) is 13.2 Å². The Kier molecular flexibility index (Phi) is 10.1. The van der Waals surface area contributed by atoms with E-state index in [9.17, 15) is 22.8 Å². The minimum atomic E-state index is -5.19. The van der Waals surface area contributed by atoms with E-state index in [0.717, 1.165) is 38.0 Å². The van der Waals surface area contributed by atoms with Crippen LogP contribution in [0.5, 0.6) is 0 Å². The number of benzene rings is 1. The number of carbonyl (C=O) groups is 3. The summed E-state index contributed by atoms with van der Waals surface area (Å²) in [5.41, 5.74) is 2.23. The number of aliphatic carboxylic acids is 1. The van der Waals surface area contributed by atoms with Crippen molar-refractivity contribution < 1.29 is 42.7 Å². The fourth-order valence-corrected chi connectivity index (χ4v) is 3.63. The number of quaternary nitrogens is 1. The Hall–Kier alpha value is -2.72. The van der Waals surface area contributed by atoms with E-state index in [1.807, 2.05) is 29.2 Å². The van der Waals surface area contributed by atoms with Crippen LogP contribution in [0.2, 0.25) is 0 Å². The fraction of sp³-hybridized carbons (Fsp3) is 0.522. The first-order chi connectivity index (χ1) is 15.6. The molecule has 1 amide bonds. The minimum Gasteiger partial charge on any atom is -0.542 e. The number of rotatable bonds is 6. The Morgan fingerprint density at radius 2 is 2.00 bits per heavy atom. The van der Waals surface area contributed by atoms with Gasteiger partial charge in [0.25, 0.3) is 5.91 Å². The van der Waals surface area contributed by atoms with Crippen molar-refractivity contribution in [2.75, 3.05) is 31.1 Å². The number of anilines is 1. The number of hydrogen-bond acceptors (Lipinski definition) is 5. The average molecular weight is 470 g/mol. The number of carboxylic acids is 1. The monoisotopic (exact) mass is 470 g/mol. The summed E-state index contributed by atoms with van der Waals surface area (Å²) in [6.07, 6.45) is 1.22. The third-order valence-corrected chi connectivity index (χ3v) is 5.49. The first-order valence-electron chi connectivity index (χ1n) is 10.9. The lowest BCUT2D eigenvalue weighted by atomic mass is 9.96. The molecule has 2 aliphatic heterocycles. The van der Waals surface area contributed by atoms with Crippen LogP contribution in [0.25, 0.3) is 0 Å². The molecule has 2 heterocycles. The third-order valence-electron chi connectivity index (χ3n) is 5.49. The van der Waals surface area contributed by atoms with Gasteiger partial charge in [0.15, 0.2) is 11.9 Å². The van der Waals surface area contributed by atoms with Crippen molar-refractivity contribution in [2.24, 2.45) is 5.92 Å². The number of carboxylic acid groups (broad SMARTS) is 1. The molecule has 1 saturated heterocycles. The average Bonchev–Trinajstić information content (AvgIpc) is 3.01. The lowest BCUT2D eigenvalue weighted by Crippen LogP contribution is -2.86. The lowest BCUT2D eigenvalue weighted by molar-refractivity contribution is -0.654. The zero-order valence-corrected chi connectivity index (χ0v) is 18.5. The van der Waals surface area contributed by atoms with Gasteiger partial charge in [-0.3, -0.25) is 9.59 Å². The SMILES string of the molecule is CC[C@@H](/C=C/C(=O)N1CCc2ccccc21)CC(=O)[C@@H]1C[NH2+]CCCO1.O=C([O-])C(F)(F)F. The number of hydrogen-bond donors (Lipinski definition) is 1. The summed E-state index contributed by atoms with van der Waals surface area (Å²) >= 11 is 0. The molecule has 3 rings (SSSR count). The zero-order valence-electron chi connectivity index (χ0n) is 18.5. The standard InChI is InChI=1S/C21H28N2O3.C2HF3O2/c1-2-16(14-19(24)20-15-22-11-5-13-26-20)8-9-21(25)23-12-10-17-6-3-4-7-18(17)23;3-2(4,5)1(6)7/h3-4,6-9,16,20,22H,2,5,10-15H2,1H3;(H,6,7)/b9-8+;/t16-,20-;/m0./s1. The number of carbonyl (C=O) groups excluding carboxylic acids is 3. The normalized spacial score (nSPS) is 19.3. The van der Waals surface area contributed by atoms with Gasteiger partial charge in [0.2, 0.25) is 0 Å².